The molecule has 1 atom stereocenters. The number of piperazine rings is 1. The summed E-state index contributed by atoms with van der Waals surface area (Å²) in [6.07, 6.45) is 7.79. The Morgan fingerprint density at radius 2 is 2.07 bits per heavy atom. The summed E-state index contributed by atoms with van der Waals surface area (Å²) in [4.78, 5) is 2.68. The topological polar surface area (TPSA) is 15.3 Å². The van der Waals surface area contributed by atoms with Crippen molar-refractivity contribution in [3.05, 3.63) is 11.6 Å². The minimum absolute atomic E-state index is 0.853. The summed E-state index contributed by atoms with van der Waals surface area (Å²) >= 11 is 0. The summed E-state index contributed by atoms with van der Waals surface area (Å²) in [7, 11) is 0. The van der Waals surface area contributed by atoms with Gasteiger partial charge in [-0.2, -0.15) is 0 Å². The lowest BCUT2D eigenvalue weighted by atomic mass is 10.1. The normalized spacial score (nSPS) is 30.9. The molecular weight excluding hydrogens is 172 g/mol. The van der Waals surface area contributed by atoms with E-state index in [0.29, 0.717) is 0 Å². The van der Waals surface area contributed by atoms with Gasteiger partial charge in [0.1, 0.15) is 0 Å². The molecule has 2 rings (SSSR count). The van der Waals surface area contributed by atoms with Gasteiger partial charge in [-0.25, -0.2) is 0 Å². The Kier molecular flexibility index (Phi) is 3.60. The Bertz CT molecular complexity index is 204. The molecule has 1 aliphatic heterocycles. The van der Waals surface area contributed by atoms with Crippen LogP contribution in [0.4, 0.5) is 0 Å². The molecular formula is C12H22N2. The SMILES string of the molecule is CC1=CCCC(N2CCNCC2)CC1. The van der Waals surface area contributed by atoms with Gasteiger partial charge in [-0.3, -0.25) is 4.90 Å². The molecule has 0 spiro atoms. The molecule has 14 heavy (non-hydrogen) atoms. The van der Waals surface area contributed by atoms with Crippen molar-refractivity contribution in [3.63, 3.8) is 0 Å². The summed E-state index contributed by atoms with van der Waals surface area (Å²) in [6, 6.07) is 0.853. The van der Waals surface area contributed by atoms with Crippen LogP contribution in [0.5, 0.6) is 0 Å². The average Bonchev–Trinajstić information content (AvgIpc) is 2.44. The number of nitrogens with zero attached hydrogens (tertiary/aromatic N) is 1. The smallest absolute Gasteiger partial charge is 0.0110 e. The third-order valence-electron chi connectivity index (χ3n) is 3.53. The molecule has 80 valence electrons. The average molecular weight is 194 g/mol. The van der Waals surface area contributed by atoms with Crippen molar-refractivity contribution >= 4 is 0 Å². The molecule has 1 N–H and O–H groups in total. The standard InChI is InChI=1S/C12H22N2/c1-11-3-2-4-12(6-5-11)14-9-7-13-8-10-14/h3,12-13H,2,4-10H2,1H3. The van der Waals surface area contributed by atoms with E-state index in [-0.39, 0.29) is 0 Å². The molecule has 1 heterocycles. The third-order valence-corrected chi connectivity index (χ3v) is 3.53. The van der Waals surface area contributed by atoms with E-state index in [2.05, 4.69) is 23.2 Å². The highest BCUT2D eigenvalue weighted by atomic mass is 15.2. The lowest BCUT2D eigenvalue weighted by Crippen LogP contribution is -2.48. The molecule has 0 aromatic rings. The Labute approximate surface area is 87.4 Å². The zero-order chi connectivity index (χ0) is 9.80. The molecule has 2 aliphatic rings. The number of hydrogen-bond donors (Lipinski definition) is 1. The van der Waals surface area contributed by atoms with Crippen molar-refractivity contribution in [2.45, 2.75) is 38.6 Å². The Balaban J connectivity index is 1.85. The fraction of sp³-hybridized carbons (Fsp3) is 0.833. The third kappa shape index (κ3) is 2.58. The summed E-state index contributed by atoms with van der Waals surface area (Å²) in [5.74, 6) is 0. The van der Waals surface area contributed by atoms with E-state index in [9.17, 15) is 0 Å². The van der Waals surface area contributed by atoms with Gasteiger partial charge in [0.25, 0.3) is 0 Å². The van der Waals surface area contributed by atoms with E-state index >= 15 is 0 Å². The summed E-state index contributed by atoms with van der Waals surface area (Å²) < 4.78 is 0. The van der Waals surface area contributed by atoms with Gasteiger partial charge in [0.2, 0.25) is 0 Å². The van der Waals surface area contributed by atoms with Crippen molar-refractivity contribution in [1.29, 1.82) is 0 Å². The van der Waals surface area contributed by atoms with Crippen LogP contribution in [0.3, 0.4) is 0 Å². The van der Waals surface area contributed by atoms with Gasteiger partial charge >= 0.3 is 0 Å². The highest BCUT2D eigenvalue weighted by Gasteiger charge is 2.20. The van der Waals surface area contributed by atoms with Crippen LogP contribution >= 0.6 is 0 Å². The van der Waals surface area contributed by atoms with Gasteiger partial charge in [0, 0.05) is 32.2 Å². The maximum Gasteiger partial charge on any atom is 0.0110 e. The van der Waals surface area contributed by atoms with E-state index < -0.39 is 0 Å². The first-order valence-corrected chi connectivity index (χ1v) is 5.96. The number of hydrogen-bond acceptors (Lipinski definition) is 2. The maximum atomic E-state index is 3.42. The predicted molar refractivity (Wildman–Crippen MR) is 60.5 cm³/mol. The van der Waals surface area contributed by atoms with Crippen molar-refractivity contribution in [3.8, 4) is 0 Å². The second-order valence-electron chi connectivity index (χ2n) is 4.61. The lowest BCUT2D eigenvalue weighted by molar-refractivity contribution is 0.159. The van der Waals surface area contributed by atoms with E-state index in [1.165, 1.54) is 51.9 Å². The highest BCUT2D eigenvalue weighted by Crippen LogP contribution is 2.21. The fourth-order valence-electron chi connectivity index (χ4n) is 2.58. The van der Waals surface area contributed by atoms with E-state index in [1.54, 1.807) is 5.57 Å². The van der Waals surface area contributed by atoms with Gasteiger partial charge in [-0.05, 0) is 32.6 Å². The van der Waals surface area contributed by atoms with Crippen LogP contribution in [0, 0.1) is 0 Å². The molecule has 1 unspecified atom stereocenters. The van der Waals surface area contributed by atoms with Crippen LogP contribution in [0.1, 0.15) is 32.6 Å². The minimum atomic E-state index is 0.853. The van der Waals surface area contributed by atoms with Crippen molar-refractivity contribution in [1.82, 2.24) is 10.2 Å². The number of rotatable bonds is 1. The number of nitrogens with one attached hydrogen (secondary N) is 1. The van der Waals surface area contributed by atoms with Gasteiger partial charge in [0.15, 0.2) is 0 Å². The zero-order valence-corrected chi connectivity index (χ0v) is 9.26. The summed E-state index contributed by atoms with van der Waals surface area (Å²) in [5.41, 5.74) is 1.60. The zero-order valence-electron chi connectivity index (χ0n) is 9.26. The molecule has 1 aliphatic carbocycles. The van der Waals surface area contributed by atoms with Crippen LogP contribution in [0.15, 0.2) is 11.6 Å². The predicted octanol–water partition coefficient (Wildman–Crippen LogP) is 1.78. The minimum Gasteiger partial charge on any atom is -0.314 e. The lowest BCUT2D eigenvalue weighted by Gasteiger charge is -2.34. The van der Waals surface area contributed by atoms with Gasteiger partial charge in [0.05, 0.1) is 0 Å². The molecule has 0 bridgehead atoms. The van der Waals surface area contributed by atoms with E-state index in [0.717, 1.165) is 6.04 Å². The quantitative estimate of drug-likeness (QED) is 0.640. The molecule has 1 saturated heterocycles. The molecule has 0 aromatic carbocycles. The van der Waals surface area contributed by atoms with Gasteiger partial charge in [-0.1, -0.05) is 11.6 Å². The second kappa shape index (κ2) is 4.94. The first-order valence-electron chi connectivity index (χ1n) is 5.96. The first kappa shape index (κ1) is 10.2. The largest absolute Gasteiger partial charge is 0.314 e. The van der Waals surface area contributed by atoms with Crippen LogP contribution in [0.2, 0.25) is 0 Å². The fourth-order valence-corrected chi connectivity index (χ4v) is 2.58. The molecule has 0 aromatic heterocycles. The van der Waals surface area contributed by atoms with E-state index in [1.807, 2.05) is 0 Å². The van der Waals surface area contributed by atoms with Crippen molar-refractivity contribution in [2.24, 2.45) is 0 Å². The monoisotopic (exact) mass is 194 g/mol. The molecule has 0 radical (unpaired) electrons. The molecule has 0 saturated carbocycles. The Morgan fingerprint density at radius 3 is 2.86 bits per heavy atom. The second-order valence-corrected chi connectivity index (χ2v) is 4.61. The van der Waals surface area contributed by atoms with Gasteiger partial charge in [-0.15, -0.1) is 0 Å². The highest BCUT2D eigenvalue weighted by molar-refractivity contribution is 5.01. The Morgan fingerprint density at radius 1 is 1.29 bits per heavy atom. The molecule has 2 nitrogen and oxygen atoms in total. The van der Waals surface area contributed by atoms with Crippen LogP contribution in [0.25, 0.3) is 0 Å². The maximum absolute atomic E-state index is 3.42. The van der Waals surface area contributed by atoms with Crippen molar-refractivity contribution < 1.29 is 0 Å². The summed E-state index contributed by atoms with van der Waals surface area (Å²) in [5, 5.41) is 3.42. The van der Waals surface area contributed by atoms with Gasteiger partial charge < -0.3 is 5.32 Å². The molecule has 0 amide bonds. The number of allylic oxidation sites excluding steroid dienone is 2. The first-order chi connectivity index (χ1) is 6.86. The van der Waals surface area contributed by atoms with Crippen molar-refractivity contribution in [2.75, 3.05) is 26.2 Å². The Hall–Kier alpha value is -0.340. The molecule has 1 fully saturated rings. The van der Waals surface area contributed by atoms with Crippen LogP contribution in [-0.2, 0) is 0 Å². The van der Waals surface area contributed by atoms with Crippen LogP contribution < -0.4 is 5.32 Å². The van der Waals surface area contributed by atoms with Crippen LogP contribution in [-0.4, -0.2) is 37.1 Å². The summed E-state index contributed by atoms with van der Waals surface area (Å²) in [6.45, 7) is 7.15. The molecule has 2 heteroatoms. The van der Waals surface area contributed by atoms with E-state index in [4.69, 9.17) is 0 Å².